The van der Waals surface area contributed by atoms with Gasteiger partial charge in [-0.05, 0) is 25.8 Å². The zero-order valence-electron chi connectivity index (χ0n) is 10.2. The van der Waals surface area contributed by atoms with Gasteiger partial charge < -0.3 is 15.2 Å². The van der Waals surface area contributed by atoms with Gasteiger partial charge in [-0.2, -0.15) is 0 Å². The van der Waals surface area contributed by atoms with Crippen molar-refractivity contribution < 1.29 is 9.47 Å². The Kier molecular flexibility index (Phi) is 4.58. The van der Waals surface area contributed by atoms with Crippen molar-refractivity contribution in [3.8, 4) is 0 Å². The molecule has 0 aromatic carbocycles. The molecule has 2 fully saturated rings. The normalized spacial score (nSPS) is 34.1. The molecule has 2 aliphatic rings. The molecule has 0 aromatic heterocycles. The number of rotatable bonds is 4. The molecule has 0 bridgehead atoms. The summed E-state index contributed by atoms with van der Waals surface area (Å²) in [6, 6.07) is 0.262. The fourth-order valence-electron chi connectivity index (χ4n) is 2.71. The summed E-state index contributed by atoms with van der Waals surface area (Å²) in [5, 5.41) is 0. The molecule has 0 radical (unpaired) electrons. The SMILES string of the molecule is COC1CCCN(CC(N)C2CCOC2)C1. The smallest absolute Gasteiger partial charge is 0.0698 e. The van der Waals surface area contributed by atoms with E-state index in [2.05, 4.69) is 4.90 Å². The topological polar surface area (TPSA) is 47.7 Å². The van der Waals surface area contributed by atoms with Crippen molar-refractivity contribution >= 4 is 0 Å². The summed E-state index contributed by atoms with van der Waals surface area (Å²) in [6.07, 6.45) is 3.95. The molecule has 0 spiro atoms. The van der Waals surface area contributed by atoms with Crippen molar-refractivity contribution in [3.05, 3.63) is 0 Å². The highest BCUT2D eigenvalue weighted by Crippen LogP contribution is 2.18. The molecule has 2 N–H and O–H groups in total. The summed E-state index contributed by atoms with van der Waals surface area (Å²) < 4.78 is 10.8. The molecule has 2 heterocycles. The minimum absolute atomic E-state index is 0.262. The second kappa shape index (κ2) is 5.96. The van der Waals surface area contributed by atoms with Gasteiger partial charge in [0.2, 0.25) is 0 Å². The molecule has 3 unspecified atom stereocenters. The van der Waals surface area contributed by atoms with Crippen LogP contribution in [0.15, 0.2) is 0 Å². The van der Waals surface area contributed by atoms with Crippen molar-refractivity contribution in [1.82, 2.24) is 4.90 Å². The highest BCUT2D eigenvalue weighted by Gasteiger charge is 2.26. The van der Waals surface area contributed by atoms with Gasteiger partial charge in [-0.25, -0.2) is 0 Å². The number of likely N-dealkylation sites (tertiary alicyclic amines) is 1. The monoisotopic (exact) mass is 228 g/mol. The summed E-state index contributed by atoms with van der Waals surface area (Å²) in [4.78, 5) is 2.45. The number of hydrogen-bond donors (Lipinski definition) is 1. The van der Waals surface area contributed by atoms with Crippen LogP contribution < -0.4 is 5.73 Å². The molecule has 94 valence electrons. The highest BCUT2D eigenvalue weighted by molar-refractivity contribution is 4.82. The largest absolute Gasteiger partial charge is 0.381 e. The lowest BCUT2D eigenvalue weighted by atomic mass is 9.98. The summed E-state index contributed by atoms with van der Waals surface area (Å²) in [7, 11) is 1.80. The number of methoxy groups -OCH3 is 1. The van der Waals surface area contributed by atoms with Crippen LogP contribution in [0.4, 0.5) is 0 Å². The number of ether oxygens (including phenoxy) is 2. The summed E-state index contributed by atoms with van der Waals surface area (Å²) in [6.45, 7) is 4.94. The van der Waals surface area contributed by atoms with Crippen LogP contribution in [0.2, 0.25) is 0 Å². The molecular formula is C12H24N2O2. The van der Waals surface area contributed by atoms with Gasteiger partial charge >= 0.3 is 0 Å². The summed E-state index contributed by atoms with van der Waals surface area (Å²) in [5.41, 5.74) is 6.23. The standard InChI is InChI=1S/C12H24N2O2/c1-15-11-3-2-5-14(7-11)8-12(13)10-4-6-16-9-10/h10-12H,2-9,13H2,1H3. The molecule has 16 heavy (non-hydrogen) atoms. The van der Waals surface area contributed by atoms with Crippen molar-refractivity contribution in [2.45, 2.75) is 31.4 Å². The molecular weight excluding hydrogens is 204 g/mol. The van der Waals surface area contributed by atoms with Crippen LogP contribution >= 0.6 is 0 Å². The third-order valence-corrected chi connectivity index (χ3v) is 3.84. The second-order valence-electron chi connectivity index (χ2n) is 5.05. The fraction of sp³-hybridized carbons (Fsp3) is 1.00. The Hall–Kier alpha value is -0.160. The first-order chi connectivity index (χ1) is 7.79. The van der Waals surface area contributed by atoms with Gasteiger partial charge in [0.25, 0.3) is 0 Å². The molecule has 4 heteroatoms. The van der Waals surface area contributed by atoms with Crippen LogP contribution in [0.3, 0.4) is 0 Å². The molecule has 2 rings (SSSR count). The number of nitrogens with two attached hydrogens (primary N) is 1. The molecule has 0 aromatic rings. The third-order valence-electron chi connectivity index (χ3n) is 3.84. The second-order valence-corrected chi connectivity index (χ2v) is 5.05. The lowest BCUT2D eigenvalue weighted by molar-refractivity contribution is 0.0270. The Labute approximate surface area is 98.1 Å². The van der Waals surface area contributed by atoms with Crippen molar-refractivity contribution in [3.63, 3.8) is 0 Å². The Bertz CT molecular complexity index is 207. The Balaban J connectivity index is 1.75. The van der Waals surface area contributed by atoms with Gasteiger partial charge in [0.1, 0.15) is 0 Å². The number of piperidine rings is 1. The lowest BCUT2D eigenvalue weighted by Gasteiger charge is -2.34. The minimum Gasteiger partial charge on any atom is -0.381 e. The summed E-state index contributed by atoms with van der Waals surface area (Å²) >= 11 is 0. The van der Waals surface area contributed by atoms with E-state index in [0.717, 1.165) is 32.7 Å². The third kappa shape index (κ3) is 3.17. The van der Waals surface area contributed by atoms with E-state index >= 15 is 0 Å². The van der Waals surface area contributed by atoms with Gasteiger partial charge in [0.15, 0.2) is 0 Å². The van der Waals surface area contributed by atoms with Gasteiger partial charge in [-0.1, -0.05) is 0 Å². The van der Waals surface area contributed by atoms with Gasteiger partial charge in [-0.15, -0.1) is 0 Å². The first kappa shape index (κ1) is 12.3. The number of hydrogen-bond acceptors (Lipinski definition) is 4. The molecule has 0 saturated carbocycles. The van der Waals surface area contributed by atoms with Crippen LogP contribution in [0.5, 0.6) is 0 Å². The molecule has 0 aliphatic carbocycles. The molecule has 4 nitrogen and oxygen atoms in total. The Morgan fingerprint density at radius 1 is 1.50 bits per heavy atom. The zero-order chi connectivity index (χ0) is 11.4. The molecule has 2 saturated heterocycles. The predicted octanol–water partition coefficient (Wildman–Crippen LogP) is 0.461. The van der Waals surface area contributed by atoms with E-state index in [9.17, 15) is 0 Å². The van der Waals surface area contributed by atoms with Gasteiger partial charge in [0.05, 0.1) is 12.7 Å². The maximum atomic E-state index is 6.23. The average Bonchev–Trinajstić information content (AvgIpc) is 2.83. The minimum atomic E-state index is 0.262. The first-order valence-corrected chi connectivity index (χ1v) is 6.38. The fourth-order valence-corrected chi connectivity index (χ4v) is 2.71. The molecule has 0 amide bonds. The van der Waals surface area contributed by atoms with E-state index in [1.165, 1.54) is 19.4 Å². The maximum Gasteiger partial charge on any atom is 0.0698 e. The molecule has 3 atom stereocenters. The van der Waals surface area contributed by atoms with Crippen LogP contribution in [0.25, 0.3) is 0 Å². The van der Waals surface area contributed by atoms with E-state index in [1.54, 1.807) is 7.11 Å². The molecule has 2 aliphatic heterocycles. The van der Waals surface area contributed by atoms with Crippen LogP contribution in [-0.4, -0.2) is 57.0 Å². The van der Waals surface area contributed by atoms with Crippen molar-refractivity contribution in [2.75, 3.05) is 40.0 Å². The van der Waals surface area contributed by atoms with E-state index in [4.69, 9.17) is 15.2 Å². The van der Waals surface area contributed by atoms with Gasteiger partial charge in [-0.3, -0.25) is 4.90 Å². The number of nitrogens with zero attached hydrogens (tertiary/aromatic N) is 1. The maximum absolute atomic E-state index is 6.23. The van der Waals surface area contributed by atoms with E-state index in [-0.39, 0.29) is 6.04 Å². The first-order valence-electron chi connectivity index (χ1n) is 6.38. The van der Waals surface area contributed by atoms with Crippen LogP contribution in [0.1, 0.15) is 19.3 Å². The van der Waals surface area contributed by atoms with Crippen molar-refractivity contribution in [2.24, 2.45) is 11.7 Å². The van der Waals surface area contributed by atoms with E-state index in [0.29, 0.717) is 12.0 Å². The van der Waals surface area contributed by atoms with Crippen LogP contribution in [-0.2, 0) is 9.47 Å². The lowest BCUT2D eigenvalue weighted by Crippen LogP contribution is -2.47. The highest BCUT2D eigenvalue weighted by atomic mass is 16.5. The van der Waals surface area contributed by atoms with E-state index in [1.807, 2.05) is 0 Å². The summed E-state index contributed by atoms with van der Waals surface area (Å²) in [5.74, 6) is 0.558. The average molecular weight is 228 g/mol. The zero-order valence-corrected chi connectivity index (χ0v) is 10.2. The predicted molar refractivity (Wildman–Crippen MR) is 63.4 cm³/mol. The Morgan fingerprint density at radius 2 is 2.38 bits per heavy atom. The quantitative estimate of drug-likeness (QED) is 0.759. The van der Waals surface area contributed by atoms with E-state index < -0.39 is 0 Å². The van der Waals surface area contributed by atoms with Crippen molar-refractivity contribution in [1.29, 1.82) is 0 Å². The Morgan fingerprint density at radius 3 is 3.06 bits per heavy atom. The van der Waals surface area contributed by atoms with Crippen LogP contribution in [0, 0.1) is 5.92 Å². The van der Waals surface area contributed by atoms with Gasteiger partial charge in [0, 0.05) is 38.8 Å².